The van der Waals surface area contributed by atoms with Crippen molar-refractivity contribution in [3.63, 3.8) is 0 Å². The number of hydrogen-bond donors (Lipinski definition) is 0. The van der Waals surface area contributed by atoms with Gasteiger partial charge in [0.1, 0.15) is 0 Å². The Kier molecular flexibility index (Phi) is 6.85. The molecule has 0 aromatic heterocycles. The molecule has 0 rings (SSSR count). The average Bonchev–Trinajstić information content (AvgIpc) is 1.61. The summed E-state index contributed by atoms with van der Waals surface area (Å²) in [6.45, 7) is 0. The topological polar surface area (TPSA) is 80.3 Å². The Balaban J connectivity index is 0. The first-order chi connectivity index (χ1) is 3.63. The predicted octanol–water partition coefficient (Wildman–Crippen LogP) is -2.96. The van der Waals surface area contributed by atoms with Gasteiger partial charge in [0.25, 0.3) is 0 Å². The molecule has 0 N–H and O–H groups in total. The Hall–Kier alpha value is -0.632. The minimum atomic E-state index is -1.55. The summed E-state index contributed by atoms with van der Waals surface area (Å²) in [4.78, 5) is 18.8. The van der Waals surface area contributed by atoms with Crippen LogP contribution in [0, 0.1) is 0 Å². The standard InChI is InChI=1S/C4H4O4.Pt/c5-3(6)1-2-4(7)8;/h1-2H,(H,5,6)(H,7,8);/q;+2/p-2. The normalized spacial score (nSPS) is 8.44. The van der Waals surface area contributed by atoms with E-state index in [0.717, 1.165) is 0 Å². The molecule has 0 aromatic carbocycles. The Bertz CT molecular complexity index is 124. The quantitative estimate of drug-likeness (QED) is 0.511. The van der Waals surface area contributed by atoms with Gasteiger partial charge in [-0.1, -0.05) is 0 Å². The van der Waals surface area contributed by atoms with Crippen molar-refractivity contribution < 1.29 is 40.9 Å². The third kappa shape index (κ3) is 11.1. The van der Waals surface area contributed by atoms with Crippen LogP contribution >= 0.6 is 0 Å². The zero-order valence-corrected chi connectivity index (χ0v) is 6.38. The second-order valence-corrected chi connectivity index (χ2v) is 0.971. The molecule has 0 bridgehead atoms. The maximum atomic E-state index is 9.41. The van der Waals surface area contributed by atoms with E-state index >= 15 is 0 Å². The largest absolute Gasteiger partial charge is 2.00 e. The van der Waals surface area contributed by atoms with Crippen LogP contribution in [0.1, 0.15) is 0 Å². The van der Waals surface area contributed by atoms with Crippen molar-refractivity contribution in [2.45, 2.75) is 0 Å². The van der Waals surface area contributed by atoms with E-state index in [1.807, 2.05) is 0 Å². The van der Waals surface area contributed by atoms with Gasteiger partial charge >= 0.3 is 21.1 Å². The van der Waals surface area contributed by atoms with Gasteiger partial charge in [-0.3, -0.25) is 0 Å². The van der Waals surface area contributed by atoms with Crippen LogP contribution < -0.4 is 10.2 Å². The summed E-state index contributed by atoms with van der Waals surface area (Å²) in [7, 11) is 0. The zero-order chi connectivity index (χ0) is 6.57. The number of hydrogen-bond acceptors (Lipinski definition) is 4. The Morgan fingerprint density at radius 2 is 1.22 bits per heavy atom. The van der Waals surface area contributed by atoms with Crippen molar-refractivity contribution in [3.8, 4) is 0 Å². The molecule has 5 heteroatoms. The van der Waals surface area contributed by atoms with Gasteiger partial charge in [-0.05, 0) is 12.2 Å². The third-order valence-corrected chi connectivity index (χ3v) is 0.355. The minimum absolute atomic E-state index is 0. The Labute approximate surface area is 65.4 Å². The van der Waals surface area contributed by atoms with Gasteiger partial charge in [0.15, 0.2) is 0 Å². The Morgan fingerprint density at radius 3 is 1.33 bits per heavy atom. The molecule has 52 valence electrons. The molecule has 0 aliphatic carbocycles. The molecule has 0 unspecified atom stereocenters. The summed E-state index contributed by atoms with van der Waals surface area (Å²) in [6, 6.07) is 0. The van der Waals surface area contributed by atoms with Crippen LogP contribution in [0.2, 0.25) is 0 Å². The molecular formula is C4H2O4Pt. The van der Waals surface area contributed by atoms with Gasteiger partial charge in [0, 0.05) is 0 Å². The van der Waals surface area contributed by atoms with Gasteiger partial charge in [-0.25, -0.2) is 0 Å². The van der Waals surface area contributed by atoms with Crippen LogP contribution in [0.3, 0.4) is 0 Å². The van der Waals surface area contributed by atoms with Crippen LogP contribution in [0.4, 0.5) is 0 Å². The predicted molar refractivity (Wildman–Crippen MR) is 19.2 cm³/mol. The van der Waals surface area contributed by atoms with E-state index in [-0.39, 0.29) is 21.1 Å². The Morgan fingerprint density at radius 1 is 1.00 bits per heavy atom. The number of carbonyl (C=O) groups excluding carboxylic acids is 2. The molecular weight excluding hydrogens is 307 g/mol. The van der Waals surface area contributed by atoms with Crippen molar-refractivity contribution in [1.29, 1.82) is 0 Å². The van der Waals surface area contributed by atoms with E-state index in [4.69, 9.17) is 0 Å². The van der Waals surface area contributed by atoms with Crippen molar-refractivity contribution in [3.05, 3.63) is 12.2 Å². The molecule has 9 heavy (non-hydrogen) atoms. The number of aliphatic carboxylic acids is 2. The van der Waals surface area contributed by atoms with Crippen LogP contribution in [0.5, 0.6) is 0 Å². The van der Waals surface area contributed by atoms with E-state index in [1.165, 1.54) is 0 Å². The number of carboxylic acids is 2. The smallest absolute Gasteiger partial charge is 0.545 e. The first-order valence-corrected chi connectivity index (χ1v) is 1.73. The fraction of sp³-hybridized carbons (Fsp3) is 0. The molecule has 0 aliphatic heterocycles. The summed E-state index contributed by atoms with van der Waals surface area (Å²) >= 11 is 0. The van der Waals surface area contributed by atoms with Crippen LogP contribution in [-0.4, -0.2) is 11.9 Å². The SMILES string of the molecule is O=C([O-])C=CC(=O)[O-].[Pt+2]. The molecule has 0 aromatic rings. The second-order valence-electron chi connectivity index (χ2n) is 0.971. The van der Waals surface area contributed by atoms with Crippen LogP contribution in [0.15, 0.2) is 12.2 Å². The fourth-order valence-electron chi connectivity index (χ4n) is 0.136. The maximum absolute atomic E-state index is 9.41. The van der Waals surface area contributed by atoms with E-state index in [0.29, 0.717) is 12.2 Å². The van der Waals surface area contributed by atoms with E-state index in [9.17, 15) is 19.8 Å². The summed E-state index contributed by atoms with van der Waals surface area (Å²) in [5.74, 6) is -3.09. The van der Waals surface area contributed by atoms with Gasteiger partial charge < -0.3 is 19.8 Å². The van der Waals surface area contributed by atoms with Crippen LogP contribution in [-0.2, 0) is 30.7 Å². The molecule has 4 nitrogen and oxygen atoms in total. The molecule has 0 aliphatic rings. The van der Waals surface area contributed by atoms with Gasteiger partial charge in [0.05, 0.1) is 11.9 Å². The fourth-order valence-corrected chi connectivity index (χ4v) is 0.136. The first kappa shape index (κ1) is 11.2. The second kappa shape index (κ2) is 5.50. The van der Waals surface area contributed by atoms with E-state index < -0.39 is 11.9 Å². The molecule has 0 radical (unpaired) electrons. The van der Waals surface area contributed by atoms with Crippen molar-refractivity contribution in [2.24, 2.45) is 0 Å². The van der Waals surface area contributed by atoms with E-state index in [2.05, 4.69) is 0 Å². The number of rotatable bonds is 2. The minimum Gasteiger partial charge on any atom is -0.545 e. The first-order valence-electron chi connectivity index (χ1n) is 1.73. The maximum Gasteiger partial charge on any atom is 2.00 e. The van der Waals surface area contributed by atoms with Crippen molar-refractivity contribution in [2.75, 3.05) is 0 Å². The van der Waals surface area contributed by atoms with Crippen LogP contribution in [0.25, 0.3) is 0 Å². The van der Waals surface area contributed by atoms with Gasteiger partial charge in [-0.2, -0.15) is 0 Å². The van der Waals surface area contributed by atoms with E-state index in [1.54, 1.807) is 0 Å². The summed E-state index contributed by atoms with van der Waals surface area (Å²) < 4.78 is 0. The zero-order valence-electron chi connectivity index (χ0n) is 4.10. The third-order valence-electron chi connectivity index (χ3n) is 0.355. The summed E-state index contributed by atoms with van der Waals surface area (Å²) in [5.41, 5.74) is 0. The van der Waals surface area contributed by atoms with Gasteiger partial charge in [-0.15, -0.1) is 0 Å². The van der Waals surface area contributed by atoms with Gasteiger partial charge in [0.2, 0.25) is 0 Å². The number of carbonyl (C=O) groups is 2. The molecule has 0 fully saturated rings. The summed E-state index contributed by atoms with van der Waals surface area (Å²) in [5, 5.41) is 18.8. The molecule has 0 amide bonds. The van der Waals surface area contributed by atoms with Crippen molar-refractivity contribution >= 4 is 11.9 Å². The molecule has 0 heterocycles. The molecule has 0 saturated heterocycles. The summed E-state index contributed by atoms with van der Waals surface area (Å²) in [6.07, 6.45) is 0.769. The molecule has 0 atom stereocenters. The molecule has 0 saturated carbocycles. The average molecular weight is 309 g/mol. The number of carboxylic acid groups (broad SMARTS) is 2. The van der Waals surface area contributed by atoms with Crippen molar-refractivity contribution in [1.82, 2.24) is 0 Å². The molecule has 0 spiro atoms. The monoisotopic (exact) mass is 309 g/mol.